The molecule has 0 aliphatic heterocycles. The molecule has 5 nitrogen and oxygen atoms in total. The molecule has 0 fully saturated rings. The molecule has 1 amide bonds. The monoisotopic (exact) mass is 388 g/mol. The number of anilines is 1. The normalized spacial score (nSPS) is 11.6. The lowest BCUT2D eigenvalue weighted by molar-refractivity contribution is -0.115. The topological polar surface area (TPSA) is 67.8 Å². The highest BCUT2D eigenvalue weighted by Crippen LogP contribution is 2.21. The zero-order valence-corrected chi connectivity index (χ0v) is 16.3. The molecule has 6 heteroatoms. The third kappa shape index (κ3) is 5.19. The molecule has 2 aromatic heterocycles. The molecule has 146 valence electrons. The molecule has 0 saturated carbocycles. The van der Waals surface area contributed by atoms with Crippen molar-refractivity contribution < 1.29 is 9.18 Å². The minimum Gasteiger partial charge on any atom is -0.310 e. The van der Waals surface area contributed by atoms with Gasteiger partial charge in [-0.05, 0) is 55.3 Å². The fourth-order valence-electron chi connectivity index (χ4n) is 2.87. The fraction of sp³-hybridized carbons (Fsp3) is 0.130. The van der Waals surface area contributed by atoms with Crippen molar-refractivity contribution in [3.8, 4) is 11.3 Å². The van der Waals surface area contributed by atoms with Crippen LogP contribution in [0.2, 0.25) is 0 Å². The van der Waals surface area contributed by atoms with Crippen LogP contribution in [0.5, 0.6) is 0 Å². The van der Waals surface area contributed by atoms with Crippen LogP contribution < -0.4 is 5.32 Å². The average molecular weight is 388 g/mol. The van der Waals surface area contributed by atoms with Gasteiger partial charge in [-0.15, -0.1) is 0 Å². The molecule has 29 heavy (non-hydrogen) atoms. The Morgan fingerprint density at radius 3 is 2.66 bits per heavy atom. The van der Waals surface area contributed by atoms with Gasteiger partial charge in [-0.25, -0.2) is 9.37 Å². The van der Waals surface area contributed by atoms with Crippen molar-refractivity contribution in [2.24, 2.45) is 0 Å². The molecule has 0 saturated heterocycles. The number of aromatic nitrogens is 3. The van der Waals surface area contributed by atoms with E-state index in [1.165, 1.54) is 6.07 Å². The summed E-state index contributed by atoms with van der Waals surface area (Å²) in [5, 5.41) is 10.6. The van der Waals surface area contributed by atoms with Crippen LogP contribution in [0.1, 0.15) is 25.0 Å². The molecule has 0 aliphatic rings. The quantitative estimate of drug-likeness (QED) is 0.614. The van der Waals surface area contributed by atoms with Crippen LogP contribution in [0.4, 0.5) is 10.2 Å². The summed E-state index contributed by atoms with van der Waals surface area (Å²) < 4.78 is 14.5. The smallest absolute Gasteiger partial charge is 0.229 e. The zero-order chi connectivity index (χ0) is 20.6. The van der Waals surface area contributed by atoms with Crippen LogP contribution in [0.25, 0.3) is 16.8 Å². The summed E-state index contributed by atoms with van der Waals surface area (Å²) in [6.07, 6.45) is 8.83. The Morgan fingerprint density at radius 1 is 1.17 bits per heavy atom. The van der Waals surface area contributed by atoms with E-state index in [9.17, 15) is 9.18 Å². The van der Waals surface area contributed by atoms with E-state index in [0.29, 0.717) is 22.6 Å². The second kappa shape index (κ2) is 9.50. The maximum absolute atomic E-state index is 14.5. The highest BCUT2D eigenvalue weighted by atomic mass is 19.1. The lowest BCUT2D eigenvalue weighted by Gasteiger charge is -2.08. The van der Waals surface area contributed by atoms with Gasteiger partial charge in [-0.3, -0.25) is 4.79 Å². The molecule has 0 spiro atoms. The molecule has 0 radical (unpaired) electrons. The molecule has 2 heterocycles. The summed E-state index contributed by atoms with van der Waals surface area (Å²) in [6.45, 7) is 3.74. The number of nitrogens with zero attached hydrogens (tertiary/aromatic N) is 3. The van der Waals surface area contributed by atoms with Crippen molar-refractivity contribution in [2.75, 3.05) is 5.32 Å². The molecule has 0 atom stereocenters. The number of benzene rings is 1. The van der Waals surface area contributed by atoms with Crippen LogP contribution >= 0.6 is 0 Å². The van der Waals surface area contributed by atoms with Crippen molar-refractivity contribution >= 4 is 17.3 Å². The predicted octanol–water partition coefficient (Wildman–Crippen LogP) is 4.84. The van der Waals surface area contributed by atoms with Crippen LogP contribution in [-0.2, 0) is 11.2 Å². The number of halogens is 1. The van der Waals surface area contributed by atoms with Gasteiger partial charge in [0.25, 0.3) is 0 Å². The van der Waals surface area contributed by atoms with E-state index >= 15 is 0 Å². The van der Waals surface area contributed by atoms with Crippen molar-refractivity contribution in [3.05, 3.63) is 90.0 Å². The first-order chi connectivity index (χ1) is 14.1. The van der Waals surface area contributed by atoms with Gasteiger partial charge < -0.3 is 5.32 Å². The molecule has 3 aromatic rings. The lowest BCUT2D eigenvalue weighted by atomic mass is 10.0. The Labute approximate surface area is 169 Å². The van der Waals surface area contributed by atoms with E-state index in [-0.39, 0.29) is 18.1 Å². The molecule has 0 aliphatic carbocycles. The van der Waals surface area contributed by atoms with E-state index in [1.54, 1.807) is 42.7 Å². The van der Waals surface area contributed by atoms with E-state index in [4.69, 9.17) is 0 Å². The summed E-state index contributed by atoms with van der Waals surface area (Å²) in [5.41, 5.74) is 3.40. The van der Waals surface area contributed by atoms with Crippen molar-refractivity contribution in [1.29, 1.82) is 0 Å². The Morgan fingerprint density at radius 2 is 2.03 bits per heavy atom. The van der Waals surface area contributed by atoms with Crippen LogP contribution in [0.3, 0.4) is 0 Å². The molecular formula is C23H21FN4O. The van der Waals surface area contributed by atoms with Crippen molar-refractivity contribution in [2.45, 2.75) is 20.3 Å². The zero-order valence-electron chi connectivity index (χ0n) is 16.3. The predicted molar refractivity (Wildman–Crippen MR) is 112 cm³/mol. The van der Waals surface area contributed by atoms with Crippen molar-refractivity contribution in [3.63, 3.8) is 0 Å². The SMILES string of the molecule is CC=CC(=CC)c1ccc(CC(=O)Nc2ccc(-c3cccnn3)cn2)cc1F. The number of carbonyl (C=O) groups excluding carboxylic acids is 1. The Balaban J connectivity index is 1.66. The van der Waals surface area contributed by atoms with Gasteiger partial charge in [0, 0.05) is 23.5 Å². The third-order valence-electron chi connectivity index (χ3n) is 4.27. The van der Waals surface area contributed by atoms with E-state index < -0.39 is 0 Å². The molecule has 1 aromatic carbocycles. The second-order valence-electron chi connectivity index (χ2n) is 6.32. The Bertz CT molecular complexity index is 1040. The fourth-order valence-corrected chi connectivity index (χ4v) is 2.87. The van der Waals surface area contributed by atoms with Gasteiger partial charge in [0.2, 0.25) is 5.91 Å². The number of amides is 1. The standard InChI is InChI=1S/C23H21FN4O/c1-3-6-17(4-2)19-10-8-16(13-20(19)24)14-23(29)27-22-11-9-18(15-25-22)21-7-5-12-26-28-21/h3-13,15H,14H2,1-2H3,(H,25,27,29). The van der Waals surface area contributed by atoms with Gasteiger partial charge in [-0.1, -0.05) is 30.4 Å². The van der Waals surface area contributed by atoms with Gasteiger partial charge >= 0.3 is 0 Å². The molecule has 1 N–H and O–H groups in total. The van der Waals surface area contributed by atoms with Crippen molar-refractivity contribution in [1.82, 2.24) is 15.2 Å². The number of nitrogens with one attached hydrogen (secondary N) is 1. The molecule has 0 bridgehead atoms. The van der Waals surface area contributed by atoms with E-state index in [1.807, 2.05) is 38.1 Å². The third-order valence-corrected chi connectivity index (χ3v) is 4.27. The number of hydrogen-bond donors (Lipinski definition) is 1. The lowest BCUT2D eigenvalue weighted by Crippen LogP contribution is -2.15. The number of allylic oxidation sites excluding steroid dienone is 4. The van der Waals surface area contributed by atoms with Gasteiger partial charge in [-0.2, -0.15) is 10.2 Å². The summed E-state index contributed by atoms with van der Waals surface area (Å²) in [7, 11) is 0. The average Bonchev–Trinajstić information content (AvgIpc) is 2.74. The first kappa shape index (κ1) is 20.1. The number of carbonyl (C=O) groups is 1. The summed E-state index contributed by atoms with van der Waals surface area (Å²) in [6, 6.07) is 12.0. The number of pyridine rings is 1. The van der Waals surface area contributed by atoms with Crippen LogP contribution in [0, 0.1) is 5.82 Å². The summed E-state index contributed by atoms with van der Waals surface area (Å²) >= 11 is 0. The van der Waals surface area contributed by atoms with E-state index in [0.717, 1.165) is 11.1 Å². The maximum atomic E-state index is 14.5. The van der Waals surface area contributed by atoms with Crippen LogP contribution in [-0.4, -0.2) is 21.1 Å². The molecule has 3 rings (SSSR count). The summed E-state index contributed by atoms with van der Waals surface area (Å²) in [5.74, 6) is -0.200. The summed E-state index contributed by atoms with van der Waals surface area (Å²) in [4.78, 5) is 16.5. The number of rotatable bonds is 6. The number of hydrogen-bond acceptors (Lipinski definition) is 4. The molecule has 0 unspecified atom stereocenters. The molecular weight excluding hydrogens is 367 g/mol. The van der Waals surface area contributed by atoms with Gasteiger partial charge in [0.1, 0.15) is 11.6 Å². The second-order valence-corrected chi connectivity index (χ2v) is 6.32. The first-order valence-electron chi connectivity index (χ1n) is 9.22. The minimum absolute atomic E-state index is 0.0551. The Hall–Kier alpha value is -3.67. The first-order valence-corrected chi connectivity index (χ1v) is 9.22. The van der Waals surface area contributed by atoms with Gasteiger partial charge in [0.05, 0.1) is 12.1 Å². The van der Waals surface area contributed by atoms with Gasteiger partial charge in [0.15, 0.2) is 0 Å². The minimum atomic E-state index is -0.354. The highest BCUT2D eigenvalue weighted by molar-refractivity contribution is 5.91. The largest absolute Gasteiger partial charge is 0.310 e. The van der Waals surface area contributed by atoms with E-state index in [2.05, 4.69) is 20.5 Å². The van der Waals surface area contributed by atoms with Crippen LogP contribution in [0.15, 0.2) is 73.1 Å². The highest BCUT2D eigenvalue weighted by Gasteiger charge is 2.10. The maximum Gasteiger partial charge on any atom is 0.229 e. The Kier molecular flexibility index (Phi) is 6.58.